The number of Topliss-reactive ketones (excluding diaryl/α,β-unsaturated/α-hetero) is 2. The van der Waals surface area contributed by atoms with Crippen molar-refractivity contribution in [3.63, 3.8) is 0 Å². The van der Waals surface area contributed by atoms with Crippen molar-refractivity contribution < 1.29 is 19.1 Å². The smallest absolute Gasteiger partial charge is 0.207 e. The molecule has 102 valence electrons. The van der Waals surface area contributed by atoms with Gasteiger partial charge in [-0.2, -0.15) is 0 Å². The summed E-state index contributed by atoms with van der Waals surface area (Å²) in [5.41, 5.74) is 0.0996. The fourth-order valence-electron chi connectivity index (χ4n) is 3.83. The number of fused-ring (bicyclic) bond motifs is 2. The molecule has 1 heterocycles. The van der Waals surface area contributed by atoms with E-state index in [2.05, 4.69) is 0 Å². The number of aryl methyl sites for hydroxylation is 1. The van der Waals surface area contributed by atoms with Crippen molar-refractivity contribution in [3.8, 4) is 0 Å². The normalized spacial score (nSPS) is 38.0. The van der Waals surface area contributed by atoms with Gasteiger partial charge in [0.25, 0.3) is 0 Å². The summed E-state index contributed by atoms with van der Waals surface area (Å²) >= 11 is 0. The molecule has 0 aliphatic heterocycles. The van der Waals surface area contributed by atoms with Crippen molar-refractivity contribution in [2.45, 2.75) is 39.7 Å². The molecule has 1 fully saturated rings. The minimum absolute atomic E-state index is 0.0467. The molecule has 4 heteroatoms. The first-order chi connectivity index (χ1) is 8.89. The summed E-state index contributed by atoms with van der Waals surface area (Å²) in [5, 5.41) is 10.3. The molecule has 0 spiro atoms. The van der Waals surface area contributed by atoms with Crippen LogP contribution in [0.1, 0.15) is 53.2 Å². The maximum absolute atomic E-state index is 12.7. The minimum Gasteiger partial charge on any atom is -0.460 e. The highest BCUT2D eigenvalue weighted by atomic mass is 16.3. The lowest BCUT2D eigenvalue weighted by Gasteiger charge is -2.47. The van der Waals surface area contributed by atoms with Crippen LogP contribution in [0, 0.1) is 24.2 Å². The number of aliphatic hydroxyl groups excluding tert-OH is 1. The number of ketones is 2. The minimum atomic E-state index is -1.04. The van der Waals surface area contributed by atoms with Gasteiger partial charge in [-0.15, -0.1) is 0 Å². The standard InChI is InChI=1S/C15H18O4/c1-7-4-5-9(16)15(3)11(7)12(17)10-8(2)6-19-13(10)14(15)18/h6-7,9,11,16H,4-5H2,1-3H3. The fourth-order valence-corrected chi connectivity index (χ4v) is 3.83. The summed E-state index contributed by atoms with van der Waals surface area (Å²) in [4.78, 5) is 25.4. The first-order valence-electron chi connectivity index (χ1n) is 6.74. The Kier molecular flexibility index (Phi) is 2.52. The number of carbonyl (C=O) groups is 2. The third-order valence-corrected chi connectivity index (χ3v) is 5.00. The molecule has 0 saturated heterocycles. The molecule has 0 bridgehead atoms. The molecule has 1 aromatic rings. The van der Waals surface area contributed by atoms with Crippen molar-refractivity contribution in [2.24, 2.45) is 17.3 Å². The molecule has 19 heavy (non-hydrogen) atoms. The second-order valence-electron chi connectivity index (χ2n) is 6.15. The number of hydrogen-bond acceptors (Lipinski definition) is 4. The van der Waals surface area contributed by atoms with Crippen molar-refractivity contribution in [3.05, 3.63) is 23.2 Å². The summed E-state index contributed by atoms with van der Waals surface area (Å²) in [6, 6.07) is 0. The lowest BCUT2D eigenvalue weighted by molar-refractivity contribution is -0.0394. The van der Waals surface area contributed by atoms with Gasteiger partial charge in [-0.25, -0.2) is 0 Å². The topological polar surface area (TPSA) is 67.5 Å². The highest BCUT2D eigenvalue weighted by molar-refractivity contribution is 6.17. The van der Waals surface area contributed by atoms with E-state index < -0.39 is 17.4 Å². The monoisotopic (exact) mass is 262 g/mol. The van der Waals surface area contributed by atoms with Gasteiger partial charge in [0.1, 0.15) is 0 Å². The van der Waals surface area contributed by atoms with Gasteiger partial charge in [-0.1, -0.05) is 6.92 Å². The molecule has 3 rings (SSSR count). The Morgan fingerprint density at radius 2 is 2.05 bits per heavy atom. The Morgan fingerprint density at radius 3 is 2.74 bits per heavy atom. The molecule has 1 aromatic heterocycles. The van der Waals surface area contributed by atoms with Gasteiger partial charge in [0.05, 0.1) is 23.3 Å². The van der Waals surface area contributed by atoms with Crippen LogP contribution in [-0.4, -0.2) is 22.8 Å². The number of aliphatic hydroxyl groups is 1. The quantitative estimate of drug-likeness (QED) is 0.779. The van der Waals surface area contributed by atoms with Crippen molar-refractivity contribution >= 4 is 11.6 Å². The summed E-state index contributed by atoms with van der Waals surface area (Å²) < 4.78 is 5.29. The van der Waals surface area contributed by atoms with E-state index in [9.17, 15) is 14.7 Å². The van der Waals surface area contributed by atoms with Crippen LogP contribution >= 0.6 is 0 Å². The number of rotatable bonds is 0. The first kappa shape index (κ1) is 12.6. The zero-order valence-electron chi connectivity index (χ0n) is 11.4. The first-order valence-corrected chi connectivity index (χ1v) is 6.74. The van der Waals surface area contributed by atoms with Crippen LogP contribution in [0.3, 0.4) is 0 Å². The van der Waals surface area contributed by atoms with Crippen LogP contribution in [0.5, 0.6) is 0 Å². The molecule has 1 saturated carbocycles. The van der Waals surface area contributed by atoms with Gasteiger partial charge in [0.2, 0.25) is 5.78 Å². The van der Waals surface area contributed by atoms with Crippen LogP contribution < -0.4 is 0 Å². The van der Waals surface area contributed by atoms with Crippen LogP contribution in [0.4, 0.5) is 0 Å². The molecular weight excluding hydrogens is 244 g/mol. The predicted molar refractivity (Wildman–Crippen MR) is 68.1 cm³/mol. The Hall–Kier alpha value is -1.42. The largest absolute Gasteiger partial charge is 0.460 e. The summed E-state index contributed by atoms with van der Waals surface area (Å²) in [7, 11) is 0. The molecule has 4 atom stereocenters. The number of carbonyl (C=O) groups excluding carboxylic acids is 2. The molecule has 0 amide bonds. The van der Waals surface area contributed by atoms with Gasteiger partial charge < -0.3 is 9.52 Å². The number of furan rings is 1. The maximum Gasteiger partial charge on any atom is 0.207 e. The summed E-state index contributed by atoms with van der Waals surface area (Å²) in [6.07, 6.45) is 2.01. The van der Waals surface area contributed by atoms with E-state index in [1.807, 2.05) is 6.92 Å². The van der Waals surface area contributed by atoms with E-state index >= 15 is 0 Å². The molecule has 0 radical (unpaired) electrons. The zero-order chi connectivity index (χ0) is 13.9. The average Bonchev–Trinajstić information content (AvgIpc) is 2.74. The fraction of sp³-hybridized carbons (Fsp3) is 0.600. The van der Waals surface area contributed by atoms with E-state index in [1.165, 1.54) is 6.26 Å². The molecular formula is C15H18O4. The predicted octanol–water partition coefficient (Wildman–Crippen LogP) is 2.38. The van der Waals surface area contributed by atoms with E-state index in [0.717, 1.165) is 6.42 Å². The molecule has 0 aromatic carbocycles. The van der Waals surface area contributed by atoms with Gasteiger partial charge in [0.15, 0.2) is 11.5 Å². The Balaban J connectivity index is 2.25. The van der Waals surface area contributed by atoms with Crippen LogP contribution in [0.15, 0.2) is 10.7 Å². The second kappa shape index (κ2) is 3.79. The SMILES string of the molecule is Cc1coc2c1C(=O)C1C(C)CCC(O)C1(C)C2=O. The van der Waals surface area contributed by atoms with Crippen LogP contribution in [0.25, 0.3) is 0 Å². The zero-order valence-corrected chi connectivity index (χ0v) is 11.4. The van der Waals surface area contributed by atoms with Crippen molar-refractivity contribution in [1.82, 2.24) is 0 Å². The summed E-state index contributed by atoms with van der Waals surface area (Å²) in [6.45, 7) is 5.47. The summed E-state index contributed by atoms with van der Waals surface area (Å²) in [5.74, 6) is -0.469. The second-order valence-corrected chi connectivity index (χ2v) is 6.15. The highest BCUT2D eigenvalue weighted by Gasteiger charge is 2.59. The number of hydrogen-bond donors (Lipinski definition) is 1. The lowest BCUT2D eigenvalue weighted by atomic mass is 9.54. The molecule has 1 N–H and O–H groups in total. The van der Waals surface area contributed by atoms with Crippen LogP contribution in [0.2, 0.25) is 0 Å². The van der Waals surface area contributed by atoms with Crippen molar-refractivity contribution in [1.29, 1.82) is 0 Å². The van der Waals surface area contributed by atoms with Crippen molar-refractivity contribution in [2.75, 3.05) is 0 Å². The third kappa shape index (κ3) is 1.38. The molecule has 4 nitrogen and oxygen atoms in total. The third-order valence-electron chi connectivity index (χ3n) is 5.00. The van der Waals surface area contributed by atoms with Gasteiger partial charge >= 0.3 is 0 Å². The maximum atomic E-state index is 12.7. The Morgan fingerprint density at radius 1 is 1.37 bits per heavy atom. The molecule has 2 aliphatic carbocycles. The lowest BCUT2D eigenvalue weighted by Crippen LogP contribution is -2.56. The van der Waals surface area contributed by atoms with E-state index in [1.54, 1.807) is 13.8 Å². The van der Waals surface area contributed by atoms with E-state index in [4.69, 9.17) is 4.42 Å². The van der Waals surface area contributed by atoms with Gasteiger partial charge in [0, 0.05) is 5.92 Å². The van der Waals surface area contributed by atoms with Gasteiger partial charge in [-0.05, 0) is 38.2 Å². The van der Waals surface area contributed by atoms with E-state index in [-0.39, 0.29) is 23.2 Å². The van der Waals surface area contributed by atoms with Crippen LogP contribution in [-0.2, 0) is 0 Å². The van der Waals surface area contributed by atoms with E-state index in [0.29, 0.717) is 17.5 Å². The molecule has 4 unspecified atom stereocenters. The molecule has 2 aliphatic rings. The Bertz CT molecular complexity index is 571. The highest BCUT2D eigenvalue weighted by Crippen LogP contribution is 2.51. The van der Waals surface area contributed by atoms with Gasteiger partial charge in [-0.3, -0.25) is 9.59 Å². The average molecular weight is 262 g/mol. The Labute approximate surface area is 111 Å².